The minimum atomic E-state index is 0.0358. The summed E-state index contributed by atoms with van der Waals surface area (Å²) in [5, 5.41) is 3.59. The largest absolute Gasteiger partial charge is 0.323 e. The van der Waals surface area contributed by atoms with E-state index in [0.29, 0.717) is 17.9 Å². The fraction of sp³-hybridized carbons (Fsp3) is 0.941. The maximum Gasteiger partial charge on any atom is 0.241 e. The van der Waals surface area contributed by atoms with Crippen molar-refractivity contribution in [2.24, 2.45) is 5.92 Å². The van der Waals surface area contributed by atoms with Gasteiger partial charge >= 0.3 is 0 Å². The molecule has 2 aliphatic rings. The molecule has 2 heterocycles. The summed E-state index contributed by atoms with van der Waals surface area (Å²) in [6.07, 6.45) is 5.81. The minimum absolute atomic E-state index is 0.0358. The molecule has 1 N–H and O–H groups in total. The molecule has 0 aromatic heterocycles. The Labute approximate surface area is 130 Å². The van der Waals surface area contributed by atoms with Gasteiger partial charge in [-0.25, -0.2) is 0 Å². The molecule has 122 valence electrons. The predicted octanol–water partition coefficient (Wildman–Crippen LogP) is 2.44. The van der Waals surface area contributed by atoms with E-state index in [-0.39, 0.29) is 12.2 Å². The van der Waals surface area contributed by atoms with Gasteiger partial charge in [0.15, 0.2) is 0 Å². The van der Waals surface area contributed by atoms with Crippen molar-refractivity contribution < 1.29 is 4.79 Å². The highest BCUT2D eigenvalue weighted by atomic mass is 16.2. The van der Waals surface area contributed by atoms with E-state index in [4.69, 9.17) is 0 Å². The summed E-state index contributed by atoms with van der Waals surface area (Å²) < 4.78 is 0. The average molecular weight is 295 g/mol. The number of hydrogen-bond acceptors (Lipinski definition) is 3. The van der Waals surface area contributed by atoms with Crippen LogP contribution in [0.15, 0.2) is 0 Å². The molecule has 0 aliphatic carbocycles. The molecule has 0 radical (unpaired) electrons. The normalized spacial score (nSPS) is 30.1. The van der Waals surface area contributed by atoms with Crippen molar-refractivity contribution in [2.75, 3.05) is 19.6 Å². The van der Waals surface area contributed by atoms with Crippen LogP contribution in [0.1, 0.15) is 59.8 Å². The standard InChI is InChI=1S/C17H33N3O/c1-5-10-19-11-8-14(9-12-19)20-15(7-3)18-16(17(20)21)13(4)6-2/h13-16,18H,5-12H2,1-4H3. The van der Waals surface area contributed by atoms with E-state index in [1.165, 1.54) is 13.0 Å². The highest BCUT2D eigenvalue weighted by Crippen LogP contribution is 2.27. The average Bonchev–Trinajstić information content (AvgIpc) is 2.84. The van der Waals surface area contributed by atoms with Gasteiger partial charge < -0.3 is 9.80 Å². The molecule has 0 aromatic carbocycles. The zero-order valence-corrected chi connectivity index (χ0v) is 14.3. The maximum absolute atomic E-state index is 12.8. The van der Waals surface area contributed by atoms with Gasteiger partial charge in [0.05, 0.1) is 12.2 Å². The van der Waals surface area contributed by atoms with E-state index in [1.807, 2.05) is 0 Å². The van der Waals surface area contributed by atoms with Gasteiger partial charge in [0.25, 0.3) is 0 Å². The summed E-state index contributed by atoms with van der Waals surface area (Å²) in [5.41, 5.74) is 0. The van der Waals surface area contributed by atoms with E-state index in [9.17, 15) is 4.79 Å². The number of rotatable bonds is 6. The Bertz CT molecular complexity index is 339. The van der Waals surface area contributed by atoms with Crippen molar-refractivity contribution in [3.05, 3.63) is 0 Å². The van der Waals surface area contributed by atoms with Crippen LogP contribution in [0, 0.1) is 5.92 Å². The SMILES string of the molecule is CCCN1CCC(N2C(=O)C(C(C)CC)NC2CC)CC1. The second kappa shape index (κ2) is 7.59. The number of amides is 1. The molecule has 2 aliphatic heterocycles. The Morgan fingerprint density at radius 3 is 2.43 bits per heavy atom. The zero-order valence-electron chi connectivity index (χ0n) is 14.3. The molecule has 4 nitrogen and oxygen atoms in total. The summed E-state index contributed by atoms with van der Waals surface area (Å²) in [4.78, 5) is 17.6. The lowest BCUT2D eigenvalue weighted by Crippen LogP contribution is -2.50. The molecule has 2 saturated heterocycles. The van der Waals surface area contributed by atoms with Crippen LogP contribution in [-0.2, 0) is 4.79 Å². The monoisotopic (exact) mass is 295 g/mol. The Kier molecular flexibility index (Phi) is 6.06. The molecule has 0 spiro atoms. The molecular weight excluding hydrogens is 262 g/mol. The van der Waals surface area contributed by atoms with Gasteiger partial charge in [0.2, 0.25) is 5.91 Å². The first kappa shape index (κ1) is 16.8. The first-order chi connectivity index (χ1) is 10.1. The van der Waals surface area contributed by atoms with E-state index in [2.05, 4.69) is 42.8 Å². The molecular formula is C17H33N3O. The molecule has 4 heteroatoms. The molecule has 21 heavy (non-hydrogen) atoms. The van der Waals surface area contributed by atoms with Gasteiger partial charge in [0, 0.05) is 19.1 Å². The Balaban J connectivity index is 1.99. The predicted molar refractivity (Wildman–Crippen MR) is 87.1 cm³/mol. The number of nitrogens with one attached hydrogen (secondary N) is 1. The lowest BCUT2D eigenvalue weighted by atomic mass is 9.98. The first-order valence-electron chi connectivity index (χ1n) is 8.92. The number of piperidine rings is 1. The van der Waals surface area contributed by atoms with Gasteiger partial charge in [-0.2, -0.15) is 0 Å². The Morgan fingerprint density at radius 2 is 1.90 bits per heavy atom. The van der Waals surface area contributed by atoms with Gasteiger partial charge in [0.1, 0.15) is 0 Å². The molecule has 0 aromatic rings. The van der Waals surface area contributed by atoms with E-state index in [1.54, 1.807) is 0 Å². The summed E-state index contributed by atoms with van der Waals surface area (Å²) in [5.74, 6) is 0.780. The minimum Gasteiger partial charge on any atom is -0.323 e. The van der Waals surface area contributed by atoms with Crippen LogP contribution in [0.2, 0.25) is 0 Å². The van der Waals surface area contributed by atoms with E-state index >= 15 is 0 Å². The van der Waals surface area contributed by atoms with E-state index in [0.717, 1.165) is 38.8 Å². The Hall–Kier alpha value is -0.610. The second-order valence-corrected chi connectivity index (χ2v) is 6.77. The summed E-state index contributed by atoms with van der Waals surface area (Å²) in [6.45, 7) is 12.3. The highest BCUT2D eigenvalue weighted by molar-refractivity contribution is 5.85. The number of nitrogens with zero attached hydrogens (tertiary/aromatic N) is 2. The molecule has 2 fully saturated rings. The summed E-state index contributed by atoms with van der Waals surface area (Å²) in [7, 11) is 0. The zero-order chi connectivity index (χ0) is 15.4. The van der Waals surface area contributed by atoms with Crippen molar-refractivity contribution in [3.8, 4) is 0 Å². The number of hydrogen-bond donors (Lipinski definition) is 1. The van der Waals surface area contributed by atoms with Gasteiger partial charge in [-0.1, -0.05) is 34.1 Å². The van der Waals surface area contributed by atoms with Crippen molar-refractivity contribution in [3.63, 3.8) is 0 Å². The fourth-order valence-corrected chi connectivity index (χ4v) is 3.80. The van der Waals surface area contributed by atoms with Crippen LogP contribution in [-0.4, -0.2) is 53.6 Å². The van der Waals surface area contributed by atoms with Crippen molar-refractivity contribution in [2.45, 2.75) is 78.0 Å². The topological polar surface area (TPSA) is 35.6 Å². The number of likely N-dealkylation sites (tertiary alicyclic amines) is 1. The molecule has 0 bridgehead atoms. The van der Waals surface area contributed by atoms with Crippen molar-refractivity contribution in [1.82, 2.24) is 15.1 Å². The van der Waals surface area contributed by atoms with Gasteiger partial charge in [-0.05, 0) is 38.1 Å². The third-order valence-corrected chi connectivity index (χ3v) is 5.32. The molecule has 3 atom stereocenters. The second-order valence-electron chi connectivity index (χ2n) is 6.77. The molecule has 1 amide bonds. The van der Waals surface area contributed by atoms with Crippen molar-refractivity contribution >= 4 is 5.91 Å². The molecule has 0 saturated carbocycles. The Morgan fingerprint density at radius 1 is 1.24 bits per heavy atom. The summed E-state index contributed by atoms with van der Waals surface area (Å²) >= 11 is 0. The van der Waals surface area contributed by atoms with Gasteiger partial charge in [-0.3, -0.25) is 10.1 Å². The van der Waals surface area contributed by atoms with Crippen LogP contribution in [0.5, 0.6) is 0 Å². The third-order valence-electron chi connectivity index (χ3n) is 5.32. The molecule has 2 rings (SSSR count). The highest BCUT2D eigenvalue weighted by Gasteiger charge is 2.43. The number of carbonyl (C=O) groups is 1. The number of carbonyl (C=O) groups excluding carboxylic acids is 1. The smallest absolute Gasteiger partial charge is 0.241 e. The molecule has 3 unspecified atom stereocenters. The van der Waals surface area contributed by atoms with Crippen LogP contribution < -0.4 is 5.32 Å². The van der Waals surface area contributed by atoms with Crippen LogP contribution in [0.4, 0.5) is 0 Å². The summed E-state index contributed by atoms with van der Waals surface area (Å²) in [6, 6.07) is 0.478. The van der Waals surface area contributed by atoms with Crippen LogP contribution in [0.25, 0.3) is 0 Å². The lowest BCUT2D eigenvalue weighted by molar-refractivity contribution is -0.134. The van der Waals surface area contributed by atoms with Crippen LogP contribution >= 0.6 is 0 Å². The lowest BCUT2D eigenvalue weighted by Gasteiger charge is -2.39. The van der Waals surface area contributed by atoms with E-state index < -0.39 is 0 Å². The maximum atomic E-state index is 12.8. The third kappa shape index (κ3) is 3.59. The van der Waals surface area contributed by atoms with Crippen LogP contribution in [0.3, 0.4) is 0 Å². The fourth-order valence-electron chi connectivity index (χ4n) is 3.80. The first-order valence-corrected chi connectivity index (χ1v) is 8.92. The van der Waals surface area contributed by atoms with Gasteiger partial charge in [-0.15, -0.1) is 0 Å². The van der Waals surface area contributed by atoms with Crippen molar-refractivity contribution in [1.29, 1.82) is 0 Å². The quantitative estimate of drug-likeness (QED) is 0.817.